The second-order valence-corrected chi connectivity index (χ2v) is 5.95. The van der Waals surface area contributed by atoms with Gasteiger partial charge in [-0.3, -0.25) is 9.59 Å². The number of hydrogen-bond acceptors (Lipinski definition) is 5. The molecule has 2 aliphatic rings. The number of nitrogens with zero attached hydrogens (tertiary/aromatic N) is 4. The molecule has 118 valence electrons. The van der Waals surface area contributed by atoms with E-state index in [9.17, 15) is 9.59 Å². The molecule has 0 radical (unpaired) electrons. The van der Waals surface area contributed by atoms with Crippen molar-refractivity contribution >= 4 is 11.8 Å². The molecule has 7 heteroatoms. The summed E-state index contributed by atoms with van der Waals surface area (Å²) >= 11 is 0. The summed E-state index contributed by atoms with van der Waals surface area (Å²) in [6, 6.07) is 1.77. The molecule has 2 amide bonds. The lowest BCUT2D eigenvalue weighted by molar-refractivity contribution is -0.133. The van der Waals surface area contributed by atoms with Gasteiger partial charge in [0.05, 0.1) is 6.10 Å². The second-order valence-electron chi connectivity index (χ2n) is 5.95. The summed E-state index contributed by atoms with van der Waals surface area (Å²) in [4.78, 5) is 36.0. The first-order valence-corrected chi connectivity index (χ1v) is 7.49. The predicted molar refractivity (Wildman–Crippen MR) is 78.2 cm³/mol. The third-order valence-corrected chi connectivity index (χ3v) is 4.29. The van der Waals surface area contributed by atoms with Crippen LogP contribution in [-0.4, -0.2) is 71.0 Å². The molecule has 0 saturated carbocycles. The van der Waals surface area contributed by atoms with Crippen LogP contribution in [0.4, 0.5) is 0 Å². The molecule has 1 aromatic rings. The Labute approximate surface area is 129 Å². The molecule has 0 N–H and O–H groups in total. The number of aryl methyl sites for hydroxylation is 1. The normalized spacial score (nSPS) is 25.6. The largest absolute Gasteiger partial charge is 0.368 e. The fourth-order valence-electron chi connectivity index (χ4n) is 3.03. The zero-order chi connectivity index (χ0) is 15.7. The molecule has 2 saturated heterocycles. The van der Waals surface area contributed by atoms with Gasteiger partial charge >= 0.3 is 0 Å². The monoisotopic (exact) mass is 304 g/mol. The Balaban J connectivity index is 1.72. The molecular weight excluding hydrogens is 284 g/mol. The van der Waals surface area contributed by atoms with Crippen molar-refractivity contribution in [3.63, 3.8) is 0 Å². The van der Waals surface area contributed by atoms with Crippen molar-refractivity contribution in [2.24, 2.45) is 5.92 Å². The average Bonchev–Trinajstić information content (AvgIpc) is 2.65. The van der Waals surface area contributed by atoms with E-state index in [0.717, 1.165) is 12.1 Å². The average molecular weight is 304 g/mol. The lowest BCUT2D eigenvalue weighted by Crippen LogP contribution is -2.49. The topological polar surface area (TPSA) is 75.6 Å². The Morgan fingerprint density at radius 1 is 1.41 bits per heavy atom. The number of fused-ring (bicyclic) bond motifs is 1. The van der Waals surface area contributed by atoms with E-state index in [1.165, 1.54) is 0 Å². The molecule has 0 spiro atoms. The van der Waals surface area contributed by atoms with Crippen LogP contribution < -0.4 is 0 Å². The standard InChI is InChI=1S/C15H20N4O3/c1-10-3-5-16-14(17-10)15(21)19-6-4-12-11(8-19)7-18(2)13(20)9-22-12/h3,5,11-12H,4,6-9H2,1-2H3/t11-,12-/m0/s1. The smallest absolute Gasteiger partial charge is 0.291 e. The quantitative estimate of drug-likeness (QED) is 0.736. The van der Waals surface area contributed by atoms with E-state index in [1.54, 1.807) is 29.1 Å². The Hall–Kier alpha value is -2.02. The Kier molecular flexibility index (Phi) is 4.06. The summed E-state index contributed by atoms with van der Waals surface area (Å²) in [6.07, 6.45) is 2.38. The minimum Gasteiger partial charge on any atom is -0.368 e. The van der Waals surface area contributed by atoms with Crippen molar-refractivity contribution in [2.75, 3.05) is 33.3 Å². The van der Waals surface area contributed by atoms with Gasteiger partial charge in [0.2, 0.25) is 11.7 Å². The lowest BCUT2D eigenvalue weighted by Gasteiger charge is -2.37. The maximum absolute atomic E-state index is 12.5. The number of hydrogen-bond donors (Lipinski definition) is 0. The van der Waals surface area contributed by atoms with Crippen LogP contribution in [0.3, 0.4) is 0 Å². The van der Waals surface area contributed by atoms with E-state index in [4.69, 9.17) is 4.74 Å². The van der Waals surface area contributed by atoms with Crippen LogP contribution in [0.5, 0.6) is 0 Å². The number of ether oxygens (including phenoxy) is 1. The maximum Gasteiger partial charge on any atom is 0.291 e. The van der Waals surface area contributed by atoms with Crippen LogP contribution in [0, 0.1) is 12.8 Å². The van der Waals surface area contributed by atoms with Crippen LogP contribution in [-0.2, 0) is 9.53 Å². The second kappa shape index (κ2) is 6.00. The van der Waals surface area contributed by atoms with E-state index in [1.807, 2.05) is 6.92 Å². The lowest BCUT2D eigenvalue weighted by atomic mass is 9.94. The van der Waals surface area contributed by atoms with Gasteiger partial charge in [-0.1, -0.05) is 0 Å². The number of rotatable bonds is 1. The number of carbonyl (C=O) groups is 2. The molecule has 2 atom stereocenters. The van der Waals surface area contributed by atoms with Gasteiger partial charge in [-0.25, -0.2) is 9.97 Å². The maximum atomic E-state index is 12.5. The van der Waals surface area contributed by atoms with Gasteiger partial charge < -0.3 is 14.5 Å². The van der Waals surface area contributed by atoms with Crippen LogP contribution in [0.1, 0.15) is 22.7 Å². The van der Waals surface area contributed by atoms with Gasteiger partial charge in [-0.2, -0.15) is 0 Å². The molecule has 2 aliphatic heterocycles. The highest BCUT2D eigenvalue weighted by Gasteiger charge is 2.36. The molecule has 0 aliphatic carbocycles. The molecule has 0 aromatic carbocycles. The van der Waals surface area contributed by atoms with Crippen LogP contribution >= 0.6 is 0 Å². The number of carbonyl (C=O) groups excluding carboxylic acids is 2. The molecular formula is C15H20N4O3. The highest BCUT2D eigenvalue weighted by molar-refractivity contribution is 5.90. The first kappa shape index (κ1) is 14.9. The number of amides is 2. The fourth-order valence-corrected chi connectivity index (χ4v) is 3.03. The molecule has 1 aromatic heterocycles. The molecule has 0 bridgehead atoms. The fraction of sp³-hybridized carbons (Fsp3) is 0.600. The molecule has 2 fully saturated rings. The van der Waals surface area contributed by atoms with E-state index in [0.29, 0.717) is 19.6 Å². The third kappa shape index (κ3) is 2.94. The summed E-state index contributed by atoms with van der Waals surface area (Å²) in [7, 11) is 1.78. The Bertz CT molecular complexity index is 592. The van der Waals surface area contributed by atoms with Crippen molar-refractivity contribution < 1.29 is 14.3 Å². The predicted octanol–water partition coefficient (Wildman–Crippen LogP) is 0.104. The Morgan fingerprint density at radius 3 is 3.00 bits per heavy atom. The first-order valence-electron chi connectivity index (χ1n) is 7.49. The molecule has 22 heavy (non-hydrogen) atoms. The highest BCUT2D eigenvalue weighted by Crippen LogP contribution is 2.24. The minimum absolute atomic E-state index is 0.00528. The number of piperidine rings is 1. The van der Waals surface area contributed by atoms with Crippen LogP contribution in [0.2, 0.25) is 0 Å². The molecule has 3 heterocycles. The molecule has 7 nitrogen and oxygen atoms in total. The van der Waals surface area contributed by atoms with Crippen molar-refractivity contribution in [3.8, 4) is 0 Å². The van der Waals surface area contributed by atoms with Gasteiger partial charge in [-0.15, -0.1) is 0 Å². The highest BCUT2D eigenvalue weighted by atomic mass is 16.5. The Morgan fingerprint density at radius 2 is 2.23 bits per heavy atom. The van der Waals surface area contributed by atoms with Crippen molar-refractivity contribution in [2.45, 2.75) is 19.4 Å². The third-order valence-electron chi connectivity index (χ3n) is 4.29. The van der Waals surface area contributed by atoms with Gasteiger partial charge in [0.1, 0.15) is 6.61 Å². The summed E-state index contributed by atoms with van der Waals surface area (Å²) in [5.41, 5.74) is 0.774. The van der Waals surface area contributed by atoms with Crippen molar-refractivity contribution in [1.82, 2.24) is 19.8 Å². The zero-order valence-corrected chi connectivity index (χ0v) is 12.9. The SMILES string of the molecule is Cc1ccnc(C(=O)N2CC[C@@H]3OCC(=O)N(C)C[C@H]3C2)n1. The number of likely N-dealkylation sites (tertiary alicyclic amines) is 1. The van der Waals surface area contributed by atoms with Crippen LogP contribution in [0.25, 0.3) is 0 Å². The number of likely N-dealkylation sites (N-methyl/N-ethyl adjacent to an activating group) is 1. The van der Waals surface area contributed by atoms with Crippen molar-refractivity contribution in [1.29, 1.82) is 0 Å². The van der Waals surface area contributed by atoms with Gasteiger partial charge in [0, 0.05) is 44.5 Å². The van der Waals surface area contributed by atoms with Gasteiger partial charge in [0.25, 0.3) is 5.91 Å². The van der Waals surface area contributed by atoms with Gasteiger partial charge in [0.15, 0.2) is 0 Å². The summed E-state index contributed by atoms with van der Waals surface area (Å²) in [5, 5.41) is 0. The zero-order valence-electron chi connectivity index (χ0n) is 12.9. The number of aromatic nitrogens is 2. The first-order chi connectivity index (χ1) is 10.5. The minimum atomic E-state index is -0.152. The van der Waals surface area contributed by atoms with Gasteiger partial charge in [-0.05, 0) is 19.4 Å². The van der Waals surface area contributed by atoms with Crippen molar-refractivity contribution in [3.05, 3.63) is 23.8 Å². The summed E-state index contributed by atoms with van der Waals surface area (Å²) < 4.78 is 5.68. The van der Waals surface area contributed by atoms with Crippen LogP contribution in [0.15, 0.2) is 12.3 Å². The summed E-state index contributed by atoms with van der Waals surface area (Å²) in [5.74, 6) is 0.214. The molecule has 0 unspecified atom stereocenters. The molecule has 3 rings (SSSR count). The summed E-state index contributed by atoms with van der Waals surface area (Å²) in [6.45, 7) is 3.76. The van der Waals surface area contributed by atoms with E-state index in [2.05, 4.69) is 9.97 Å². The van der Waals surface area contributed by atoms with E-state index in [-0.39, 0.29) is 36.3 Å². The van der Waals surface area contributed by atoms with E-state index < -0.39 is 0 Å². The van der Waals surface area contributed by atoms with E-state index >= 15 is 0 Å².